The van der Waals surface area contributed by atoms with Gasteiger partial charge in [-0.15, -0.1) is 0 Å². The first kappa shape index (κ1) is 26.1. The topological polar surface area (TPSA) is 13.1 Å². The minimum atomic E-state index is 0.909. The average molecular weight is 597 g/mol. The second kappa shape index (κ2) is 10.2. The molecule has 0 unspecified atom stereocenters. The van der Waals surface area contributed by atoms with Crippen LogP contribution in [0.4, 0.5) is 0 Å². The maximum absolute atomic E-state index is 6.25. The van der Waals surface area contributed by atoms with Crippen LogP contribution >= 0.6 is 0 Å². The summed E-state index contributed by atoms with van der Waals surface area (Å²) in [6.45, 7) is 0. The molecule has 0 atom stereocenters. The zero-order chi connectivity index (χ0) is 30.9. The fourth-order valence-corrected chi connectivity index (χ4v) is 7.82. The lowest BCUT2D eigenvalue weighted by Gasteiger charge is -2.22. The van der Waals surface area contributed by atoms with Crippen molar-refractivity contribution < 1.29 is 4.42 Å². The van der Waals surface area contributed by atoms with Gasteiger partial charge in [-0.1, -0.05) is 152 Å². The summed E-state index contributed by atoms with van der Waals surface area (Å²) in [6, 6.07) is 61.7. The summed E-state index contributed by atoms with van der Waals surface area (Å²) in [5, 5.41) is 12.3. The van der Waals surface area contributed by atoms with Crippen LogP contribution in [-0.2, 0) is 0 Å². The number of benzene rings is 9. The number of para-hydroxylation sites is 1. The van der Waals surface area contributed by atoms with Gasteiger partial charge in [0.1, 0.15) is 11.2 Å². The van der Waals surface area contributed by atoms with E-state index >= 15 is 0 Å². The molecular weight excluding hydrogens is 569 g/mol. The minimum Gasteiger partial charge on any atom is -0.456 e. The molecule has 0 fully saturated rings. The zero-order valence-electron chi connectivity index (χ0n) is 25.6. The lowest BCUT2D eigenvalue weighted by Crippen LogP contribution is -1.94. The third-order valence-electron chi connectivity index (χ3n) is 9.86. The fraction of sp³-hybridized carbons (Fsp3) is 0. The molecule has 1 aromatic heterocycles. The predicted octanol–water partition coefficient (Wildman–Crippen LogP) is 13.2. The molecule has 0 aliphatic rings. The normalized spacial score (nSPS) is 11.8. The molecule has 10 aromatic rings. The Morgan fingerprint density at radius 1 is 0.298 bits per heavy atom. The Morgan fingerprint density at radius 3 is 1.51 bits per heavy atom. The van der Waals surface area contributed by atoms with E-state index < -0.39 is 0 Å². The maximum Gasteiger partial charge on any atom is 0.135 e. The van der Waals surface area contributed by atoms with Crippen molar-refractivity contribution in [1.29, 1.82) is 0 Å². The van der Waals surface area contributed by atoms with Crippen molar-refractivity contribution in [3.63, 3.8) is 0 Å². The number of furan rings is 1. The fourth-order valence-electron chi connectivity index (χ4n) is 7.82. The van der Waals surface area contributed by atoms with Gasteiger partial charge in [-0.25, -0.2) is 0 Å². The molecule has 0 radical (unpaired) electrons. The standard InChI is InChI=1S/C46H28O/c1-3-16-32-29(12-1)14-9-22-36(32)44-38-19-5-6-20-39(38)46(37-23-10-15-30-13-2-4-17-33(30)37)45-34(21-11-24-40(44)45)31-26-27-43-41(28-31)35-18-7-8-25-42(35)47-43/h1-28H. The molecule has 0 amide bonds. The molecule has 0 bridgehead atoms. The van der Waals surface area contributed by atoms with Gasteiger partial charge in [-0.05, 0) is 94.7 Å². The summed E-state index contributed by atoms with van der Waals surface area (Å²) < 4.78 is 6.25. The number of rotatable bonds is 3. The minimum absolute atomic E-state index is 0.909. The number of hydrogen-bond donors (Lipinski definition) is 0. The number of hydrogen-bond acceptors (Lipinski definition) is 1. The van der Waals surface area contributed by atoms with E-state index in [0.29, 0.717) is 0 Å². The summed E-state index contributed by atoms with van der Waals surface area (Å²) in [7, 11) is 0. The Hall–Kier alpha value is -6.18. The highest BCUT2D eigenvalue weighted by atomic mass is 16.3. The molecule has 0 N–H and O–H groups in total. The first-order chi connectivity index (χ1) is 23.3. The van der Waals surface area contributed by atoms with Crippen LogP contribution in [0, 0.1) is 0 Å². The first-order valence-corrected chi connectivity index (χ1v) is 16.2. The Bertz CT molecular complexity index is 2840. The van der Waals surface area contributed by atoms with Crippen LogP contribution in [0.5, 0.6) is 0 Å². The highest BCUT2D eigenvalue weighted by Gasteiger charge is 2.22. The molecule has 0 spiro atoms. The molecule has 1 heteroatoms. The van der Waals surface area contributed by atoms with Crippen molar-refractivity contribution >= 4 is 65.0 Å². The molecule has 0 aliphatic carbocycles. The van der Waals surface area contributed by atoms with Gasteiger partial charge in [0, 0.05) is 10.8 Å². The van der Waals surface area contributed by atoms with Crippen LogP contribution in [0.25, 0.3) is 98.4 Å². The van der Waals surface area contributed by atoms with Gasteiger partial charge in [-0.3, -0.25) is 0 Å². The van der Waals surface area contributed by atoms with Gasteiger partial charge >= 0.3 is 0 Å². The van der Waals surface area contributed by atoms with E-state index in [1.165, 1.54) is 76.5 Å². The van der Waals surface area contributed by atoms with E-state index in [4.69, 9.17) is 4.42 Å². The van der Waals surface area contributed by atoms with Crippen LogP contribution in [-0.4, -0.2) is 0 Å². The van der Waals surface area contributed by atoms with Crippen molar-refractivity contribution in [2.24, 2.45) is 0 Å². The monoisotopic (exact) mass is 596 g/mol. The summed E-state index contributed by atoms with van der Waals surface area (Å²) in [4.78, 5) is 0. The summed E-state index contributed by atoms with van der Waals surface area (Å²) in [5.41, 5.74) is 9.25. The van der Waals surface area contributed by atoms with Gasteiger partial charge in [0.25, 0.3) is 0 Å². The first-order valence-electron chi connectivity index (χ1n) is 16.2. The largest absolute Gasteiger partial charge is 0.456 e. The highest BCUT2D eigenvalue weighted by molar-refractivity contribution is 6.28. The van der Waals surface area contributed by atoms with Crippen molar-refractivity contribution in [3.05, 3.63) is 170 Å². The molecule has 47 heavy (non-hydrogen) atoms. The Balaban J connectivity index is 1.42. The molecule has 9 aromatic carbocycles. The van der Waals surface area contributed by atoms with Crippen molar-refractivity contribution in [2.45, 2.75) is 0 Å². The predicted molar refractivity (Wildman–Crippen MR) is 200 cm³/mol. The molecule has 218 valence electrons. The van der Waals surface area contributed by atoms with Crippen molar-refractivity contribution in [2.75, 3.05) is 0 Å². The van der Waals surface area contributed by atoms with Crippen LogP contribution in [0.3, 0.4) is 0 Å². The van der Waals surface area contributed by atoms with Crippen molar-refractivity contribution in [3.8, 4) is 33.4 Å². The summed E-state index contributed by atoms with van der Waals surface area (Å²) in [6.07, 6.45) is 0. The third-order valence-corrected chi connectivity index (χ3v) is 9.86. The van der Waals surface area contributed by atoms with Crippen LogP contribution in [0.2, 0.25) is 0 Å². The second-order valence-corrected chi connectivity index (χ2v) is 12.4. The molecule has 1 nitrogen and oxygen atoms in total. The van der Waals surface area contributed by atoms with Gasteiger partial charge in [-0.2, -0.15) is 0 Å². The molecule has 1 heterocycles. The smallest absolute Gasteiger partial charge is 0.135 e. The lowest BCUT2D eigenvalue weighted by atomic mass is 9.81. The van der Waals surface area contributed by atoms with E-state index in [9.17, 15) is 0 Å². The van der Waals surface area contributed by atoms with Gasteiger partial charge in [0.2, 0.25) is 0 Å². The molecule has 0 saturated heterocycles. The molecule has 0 saturated carbocycles. The SMILES string of the molecule is c1ccc2c(-c3c4ccccc4c(-c4cccc5ccccc45)c4c(-c5ccc6oc7ccccc7c6c5)cccc34)cccc2c1. The molecule has 0 aliphatic heterocycles. The van der Waals surface area contributed by atoms with E-state index in [1.807, 2.05) is 12.1 Å². The van der Waals surface area contributed by atoms with Crippen LogP contribution in [0.1, 0.15) is 0 Å². The lowest BCUT2D eigenvalue weighted by molar-refractivity contribution is 0.669. The van der Waals surface area contributed by atoms with E-state index in [1.54, 1.807) is 0 Å². The summed E-state index contributed by atoms with van der Waals surface area (Å²) >= 11 is 0. The second-order valence-electron chi connectivity index (χ2n) is 12.4. The maximum atomic E-state index is 6.25. The third kappa shape index (κ3) is 3.90. The van der Waals surface area contributed by atoms with Crippen LogP contribution in [0.15, 0.2) is 174 Å². The summed E-state index contributed by atoms with van der Waals surface area (Å²) in [5.74, 6) is 0. The van der Waals surface area contributed by atoms with E-state index in [-0.39, 0.29) is 0 Å². The highest BCUT2D eigenvalue weighted by Crippen LogP contribution is 2.49. The van der Waals surface area contributed by atoms with Gasteiger partial charge in [0.15, 0.2) is 0 Å². The number of fused-ring (bicyclic) bond motifs is 7. The van der Waals surface area contributed by atoms with Crippen LogP contribution < -0.4 is 0 Å². The Kier molecular flexibility index (Phi) is 5.64. The van der Waals surface area contributed by atoms with Gasteiger partial charge in [0.05, 0.1) is 0 Å². The van der Waals surface area contributed by atoms with E-state index in [0.717, 1.165) is 21.9 Å². The molecular formula is C46H28O. The van der Waals surface area contributed by atoms with Gasteiger partial charge < -0.3 is 4.42 Å². The van der Waals surface area contributed by atoms with Crippen molar-refractivity contribution in [1.82, 2.24) is 0 Å². The molecule has 10 rings (SSSR count). The zero-order valence-corrected chi connectivity index (χ0v) is 25.6. The Morgan fingerprint density at radius 2 is 0.787 bits per heavy atom. The Labute approximate surface area is 271 Å². The van der Waals surface area contributed by atoms with E-state index in [2.05, 4.69) is 158 Å². The average Bonchev–Trinajstić information content (AvgIpc) is 3.51. The quantitative estimate of drug-likeness (QED) is 0.185.